The van der Waals surface area contributed by atoms with Crippen molar-refractivity contribution in [3.63, 3.8) is 0 Å². The number of anilines is 1. The number of aryl methyl sites for hydroxylation is 2. The Hall–Kier alpha value is -3.95. The van der Waals surface area contributed by atoms with Crippen LogP contribution in [0.4, 0.5) is 5.69 Å². The summed E-state index contributed by atoms with van der Waals surface area (Å²) in [4.78, 5) is 12.6. The smallest absolute Gasteiger partial charge is 0.224 e. The van der Waals surface area contributed by atoms with Gasteiger partial charge in [-0.15, -0.1) is 15.3 Å². The lowest BCUT2D eigenvalue weighted by Gasteiger charge is -2.19. The van der Waals surface area contributed by atoms with E-state index in [1.54, 1.807) is 15.3 Å². The summed E-state index contributed by atoms with van der Waals surface area (Å²) >= 11 is 0. The lowest BCUT2D eigenvalue weighted by Crippen LogP contribution is -2.16. The number of ether oxygens (including phenoxy) is 2. The van der Waals surface area contributed by atoms with Crippen LogP contribution in [0.3, 0.4) is 0 Å². The molecule has 10 nitrogen and oxygen atoms in total. The first kappa shape index (κ1) is 20.0. The average molecular weight is 433 g/mol. The van der Waals surface area contributed by atoms with E-state index in [9.17, 15) is 4.79 Å². The van der Waals surface area contributed by atoms with Crippen molar-refractivity contribution in [1.29, 1.82) is 0 Å². The van der Waals surface area contributed by atoms with Crippen LogP contribution in [0, 0.1) is 20.8 Å². The fraction of sp³-hybridized carbons (Fsp3) is 0.318. The number of rotatable bonds is 5. The van der Waals surface area contributed by atoms with Gasteiger partial charge >= 0.3 is 0 Å². The van der Waals surface area contributed by atoms with Crippen molar-refractivity contribution in [3.8, 4) is 17.3 Å². The van der Waals surface area contributed by atoms with E-state index in [4.69, 9.17) is 9.47 Å². The van der Waals surface area contributed by atoms with Crippen LogP contribution < -0.4 is 14.8 Å². The standard InChI is InChI=1S/C22H23N7O3/c1-13-17(5-9-22(30)23-16-4-6-18-19(12-16)32-11-10-31-18)14(2)28(26-13)21-8-7-20-25-24-15(3)29(20)27-21/h4,6-8,12H,5,9-11H2,1-3H3,(H,23,30). The van der Waals surface area contributed by atoms with Crippen LogP contribution in [-0.2, 0) is 11.2 Å². The molecule has 1 amide bonds. The van der Waals surface area contributed by atoms with Gasteiger partial charge in [0.1, 0.15) is 13.2 Å². The van der Waals surface area contributed by atoms with Crippen molar-refractivity contribution in [2.24, 2.45) is 0 Å². The first-order chi connectivity index (χ1) is 15.5. The molecular weight excluding hydrogens is 410 g/mol. The Bertz CT molecular complexity index is 1320. The Morgan fingerprint density at radius 3 is 2.69 bits per heavy atom. The monoisotopic (exact) mass is 433 g/mol. The zero-order valence-electron chi connectivity index (χ0n) is 18.1. The summed E-state index contributed by atoms with van der Waals surface area (Å²) in [6.07, 6.45) is 0.904. The molecule has 0 radical (unpaired) electrons. The minimum absolute atomic E-state index is 0.0760. The minimum Gasteiger partial charge on any atom is -0.486 e. The number of fused-ring (bicyclic) bond motifs is 2. The number of hydrogen-bond donors (Lipinski definition) is 1. The van der Waals surface area contributed by atoms with Gasteiger partial charge in [-0.3, -0.25) is 4.79 Å². The normalized spacial score (nSPS) is 12.8. The van der Waals surface area contributed by atoms with E-state index in [1.807, 2.05) is 45.0 Å². The zero-order valence-corrected chi connectivity index (χ0v) is 18.1. The van der Waals surface area contributed by atoms with Crippen LogP contribution in [0.2, 0.25) is 0 Å². The molecule has 164 valence electrons. The molecule has 1 aromatic carbocycles. The van der Waals surface area contributed by atoms with Crippen LogP contribution in [0.5, 0.6) is 11.5 Å². The van der Waals surface area contributed by atoms with Gasteiger partial charge in [-0.2, -0.15) is 9.61 Å². The van der Waals surface area contributed by atoms with Crippen molar-refractivity contribution < 1.29 is 14.3 Å². The highest BCUT2D eigenvalue weighted by molar-refractivity contribution is 5.91. The van der Waals surface area contributed by atoms with Gasteiger partial charge in [0, 0.05) is 23.9 Å². The van der Waals surface area contributed by atoms with Crippen LogP contribution in [0.15, 0.2) is 30.3 Å². The predicted octanol–water partition coefficient (Wildman–Crippen LogP) is 2.58. The molecule has 4 heterocycles. The molecule has 0 bridgehead atoms. The maximum absolute atomic E-state index is 12.6. The molecule has 0 saturated heterocycles. The minimum atomic E-state index is -0.0760. The summed E-state index contributed by atoms with van der Waals surface area (Å²) in [6.45, 7) is 6.82. The molecule has 4 aromatic rings. The maximum atomic E-state index is 12.6. The quantitative estimate of drug-likeness (QED) is 0.515. The van der Waals surface area contributed by atoms with Crippen LogP contribution in [0.1, 0.15) is 29.2 Å². The van der Waals surface area contributed by atoms with E-state index >= 15 is 0 Å². The van der Waals surface area contributed by atoms with E-state index in [2.05, 4.69) is 25.7 Å². The summed E-state index contributed by atoms with van der Waals surface area (Å²) in [6, 6.07) is 9.13. The number of nitrogens with one attached hydrogen (secondary N) is 1. The second-order valence-corrected chi connectivity index (χ2v) is 7.68. The van der Waals surface area contributed by atoms with Crippen molar-refractivity contribution >= 4 is 17.2 Å². The largest absolute Gasteiger partial charge is 0.486 e. The Balaban J connectivity index is 1.30. The highest BCUT2D eigenvalue weighted by atomic mass is 16.6. The van der Waals surface area contributed by atoms with Gasteiger partial charge in [0.25, 0.3) is 0 Å². The first-order valence-corrected chi connectivity index (χ1v) is 10.4. The number of nitrogens with zero attached hydrogens (tertiary/aromatic N) is 6. The van der Waals surface area contributed by atoms with Gasteiger partial charge in [0.15, 0.2) is 28.8 Å². The zero-order chi connectivity index (χ0) is 22.2. The van der Waals surface area contributed by atoms with Gasteiger partial charge in [-0.25, -0.2) is 4.68 Å². The second-order valence-electron chi connectivity index (χ2n) is 7.68. The fourth-order valence-electron chi connectivity index (χ4n) is 3.84. The Labute approximate surface area is 184 Å². The third-order valence-corrected chi connectivity index (χ3v) is 5.49. The van der Waals surface area contributed by atoms with E-state index in [-0.39, 0.29) is 5.91 Å². The lowest BCUT2D eigenvalue weighted by atomic mass is 10.1. The third kappa shape index (κ3) is 3.64. The van der Waals surface area contributed by atoms with Crippen molar-refractivity contribution in [2.45, 2.75) is 33.6 Å². The van der Waals surface area contributed by atoms with Gasteiger partial charge in [-0.05, 0) is 57.0 Å². The third-order valence-electron chi connectivity index (χ3n) is 5.49. The van der Waals surface area contributed by atoms with Gasteiger partial charge in [-0.1, -0.05) is 0 Å². The Kier molecular flexibility index (Phi) is 4.96. The molecule has 3 aromatic heterocycles. The van der Waals surface area contributed by atoms with E-state index < -0.39 is 0 Å². The molecule has 1 N–H and O–H groups in total. The number of carbonyl (C=O) groups is 1. The Morgan fingerprint density at radius 2 is 1.84 bits per heavy atom. The fourth-order valence-corrected chi connectivity index (χ4v) is 3.84. The van der Waals surface area contributed by atoms with Crippen LogP contribution >= 0.6 is 0 Å². The molecule has 0 spiro atoms. The number of hydrogen-bond acceptors (Lipinski definition) is 7. The summed E-state index contributed by atoms with van der Waals surface area (Å²) in [5.74, 6) is 2.65. The molecule has 0 atom stereocenters. The van der Waals surface area contributed by atoms with Crippen molar-refractivity contribution in [3.05, 3.63) is 53.1 Å². The molecule has 5 rings (SSSR count). The van der Waals surface area contributed by atoms with Crippen molar-refractivity contribution in [1.82, 2.24) is 29.6 Å². The molecule has 0 fully saturated rings. The number of carbonyl (C=O) groups excluding carboxylic acids is 1. The second kappa shape index (κ2) is 7.95. The van der Waals surface area contributed by atoms with E-state index in [0.29, 0.717) is 60.5 Å². The lowest BCUT2D eigenvalue weighted by molar-refractivity contribution is -0.116. The Morgan fingerprint density at radius 1 is 1.03 bits per heavy atom. The highest BCUT2D eigenvalue weighted by Gasteiger charge is 2.17. The van der Waals surface area contributed by atoms with Crippen LogP contribution in [-0.4, -0.2) is 48.7 Å². The number of aromatic nitrogens is 6. The van der Waals surface area contributed by atoms with E-state index in [1.165, 1.54) is 0 Å². The maximum Gasteiger partial charge on any atom is 0.224 e. The average Bonchev–Trinajstić information content (AvgIpc) is 3.30. The summed E-state index contributed by atoms with van der Waals surface area (Å²) in [5, 5.41) is 20.3. The number of amides is 1. The molecule has 0 aliphatic carbocycles. The predicted molar refractivity (Wildman–Crippen MR) is 116 cm³/mol. The SMILES string of the molecule is Cc1nn(-c2ccc3nnc(C)n3n2)c(C)c1CCC(=O)Nc1ccc2c(c1)OCCO2. The first-order valence-electron chi connectivity index (χ1n) is 10.4. The van der Waals surface area contributed by atoms with Gasteiger partial charge in [0.2, 0.25) is 5.91 Å². The van der Waals surface area contributed by atoms with Gasteiger partial charge < -0.3 is 14.8 Å². The molecular formula is C22H23N7O3. The van der Waals surface area contributed by atoms with Gasteiger partial charge in [0.05, 0.1) is 5.69 Å². The molecule has 1 aliphatic heterocycles. The molecule has 0 saturated carbocycles. The molecule has 10 heteroatoms. The molecule has 1 aliphatic rings. The van der Waals surface area contributed by atoms with E-state index in [0.717, 1.165) is 17.0 Å². The molecule has 0 unspecified atom stereocenters. The summed E-state index contributed by atoms with van der Waals surface area (Å²) < 4.78 is 14.6. The molecule has 32 heavy (non-hydrogen) atoms. The topological polar surface area (TPSA) is 108 Å². The van der Waals surface area contributed by atoms with Crippen LogP contribution in [0.25, 0.3) is 11.5 Å². The highest BCUT2D eigenvalue weighted by Crippen LogP contribution is 2.32. The number of benzene rings is 1. The summed E-state index contributed by atoms with van der Waals surface area (Å²) in [5.41, 5.74) is 4.22. The summed E-state index contributed by atoms with van der Waals surface area (Å²) in [7, 11) is 0. The van der Waals surface area contributed by atoms with Crippen molar-refractivity contribution in [2.75, 3.05) is 18.5 Å².